The molecule has 2 fully saturated rings. The van der Waals surface area contributed by atoms with Crippen LogP contribution in [0.15, 0.2) is 53.0 Å². The summed E-state index contributed by atoms with van der Waals surface area (Å²) in [6.07, 6.45) is 3.68. The molecule has 152 valence electrons. The van der Waals surface area contributed by atoms with Crippen molar-refractivity contribution in [1.82, 2.24) is 5.32 Å². The highest BCUT2D eigenvalue weighted by molar-refractivity contribution is 9.10. The van der Waals surface area contributed by atoms with Gasteiger partial charge in [-0.05, 0) is 67.6 Å². The van der Waals surface area contributed by atoms with E-state index in [1.807, 2.05) is 12.1 Å². The number of benzene rings is 2. The van der Waals surface area contributed by atoms with E-state index in [2.05, 4.69) is 38.7 Å². The summed E-state index contributed by atoms with van der Waals surface area (Å²) in [7, 11) is 0. The van der Waals surface area contributed by atoms with Gasteiger partial charge < -0.3 is 15.4 Å². The van der Waals surface area contributed by atoms with Gasteiger partial charge >= 0.3 is 0 Å². The maximum Gasteiger partial charge on any atom is 0.251 e. The molecule has 6 heteroatoms. The van der Waals surface area contributed by atoms with Crippen molar-refractivity contribution in [3.63, 3.8) is 0 Å². The Morgan fingerprint density at radius 3 is 2.45 bits per heavy atom. The Bertz CT molecular complexity index is 887. The van der Waals surface area contributed by atoms with Gasteiger partial charge in [-0.3, -0.25) is 9.59 Å². The molecule has 0 atom stereocenters. The topological polar surface area (TPSA) is 67.4 Å². The number of nitrogens with one attached hydrogen (secondary N) is 2. The van der Waals surface area contributed by atoms with E-state index in [4.69, 9.17) is 4.74 Å². The minimum absolute atomic E-state index is 0.0673. The smallest absolute Gasteiger partial charge is 0.251 e. The van der Waals surface area contributed by atoms with Crippen molar-refractivity contribution in [2.45, 2.75) is 31.1 Å². The van der Waals surface area contributed by atoms with Crippen molar-refractivity contribution in [2.75, 3.05) is 25.1 Å². The van der Waals surface area contributed by atoms with Crippen LogP contribution < -0.4 is 10.6 Å². The van der Waals surface area contributed by atoms with E-state index >= 15 is 0 Å². The summed E-state index contributed by atoms with van der Waals surface area (Å²) in [6.45, 7) is 1.95. The number of carbonyl (C=O) groups is 2. The zero-order valence-corrected chi connectivity index (χ0v) is 17.8. The van der Waals surface area contributed by atoms with Gasteiger partial charge in [-0.1, -0.05) is 28.1 Å². The zero-order valence-electron chi connectivity index (χ0n) is 16.2. The fourth-order valence-electron chi connectivity index (χ4n) is 3.79. The molecular formula is C23H25BrN2O3. The molecule has 1 aliphatic carbocycles. The minimum Gasteiger partial charge on any atom is -0.381 e. The lowest BCUT2D eigenvalue weighted by Gasteiger charge is -2.38. The molecule has 1 saturated carbocycles. The van der Waals surface area contributed by atoms with E-state index in [0.717, 1.165) is 35.8 Å². The first-order valence-corrected chi connectivity index (χ1v) is 10.9. The van der Waals surface area contributed by atoms with Crippen LogP contribution in [-0.2, 0) is 14.9 Å². The molecule has 0 aromatic heterocycles. The van der Waals surface area contributed by atoms with Gasteiger partial charge in [-0.25, -0.2) is 0 Å². The number of carbonyl (C=O) groups excluding carboxylic acids is 2. The molecule has 4 rings (SSSR count). The zero-order chi connectivity index (χ0) is 20.3. The number of hydrogen-bond donors (Lipinski definition) is 2. The van der Waals surface area contributed by atoms with E-state index < -0.39 is 0 Å². The van der Waals surface area contributed by atoms with Gasteiger partial charge in [0.15, 0.2) is 0 Å². The number of hydrogen-bond acceptors (Lipinski definition) is 3. The largest absolute Gasteiger partial charge is 0.381 e. The van der Waals surface area contributed by atoms with Crippen LogP contribution >= 0.6 is 15.9 Å². The number of anilines is 1. The summed E-state index contributed by atoms with van der Waals surface area (Å²) >= 11 is 3.56. The van der Waals surface area contributed by atoms with Crippen molar-refractivity contribution in [3.8, 4) is 0 Å². The molecule has 2 aliphatic rings. The fraction of sp³-hybridized carbons (Fsp3) is 0.391. The quantitative estimate of drug-likeness (QED) is 0.681. The average Bonchev–Trinajstić information content (AvgIpc) is 3.59. The minimum atomic E-state index is -0.129. The monoisotopic (exact) mass is 456 g/mol. The molecule has 1 saturated heterocycles. The highest BCUT2D eigenvalue weighted by atomic mass is 79.9. The van der Waals surface area contributed by atoms with Gasteiger partial charge in [-0.15, -0.1) is 0 Å². The van der Waals surface area contributed by atoms with Crippen molar-refractivity contribution in [3.05, 3.63) is 64.1 Å². The van der Waals surface area contributed by atoms with Gasteiger partial charge in [0.25, 0.3) is 5.91 Å². The number of amides is 2. The first kappa shape index (κ1) is 20.1. The van der Waals surface area contributed by atoms with Crippen LogP contribution in [0.4, 0.5) is 5.69 Å². The molecule has 29 heavy (non-hydrogen) atoms. The van der Waals surface area contributed by atoms with Gasteiger partial charge in [0.05, 0.1) is 0 Å². The Hall–Kier alpha value is -2.18. The third kappa shape index (κ3) is 4.87. The number of ether oxygens (including phenoxy) is 1. The van der Waals surface area contributed by atoms with E-state index in [1.54, 1.807) is 24.3 Å². The van der Waals surface area contributed by atoms with Crippen LogP contribution in [0.5, 0.6) is 0 Å². The number of rotatable bonds is 6. The van der Waals surface area contributed by atoms with E-state index in [9.17, 15) is 9.59 Å². The van der Waals surface area contributed by atoms with E-state index in [-0.39, 0.29) is 23.1 Å². The second-order valence-electron chi connectivity index (χ2n) is 7.93. The van der Waals surface area contributed by atoms with Crippen LogP contribution in [0.2, 0.25) is 0 Å². The first-order chi connectivity index (χ1) is 14.1. The van der Waals surface area contributed by atoms with Crippen molar-refractivity contribution < 1.29 is 14.3 Å². The fourth-order valence-corrected chi connectivity index (χ4v) is 4.19. The van der Waals surface area contributed by atoms with Crippen LogP contribution in [0.3, 0.4) is 0 Å². The average molecular weight is 457 g/mol. The molecule has 0 spiro atoms. The Labute approximate surface area is 179 Å². The molecule has 1 aliphatic heterocycles. The SMILES string of the molecule is O=C(NCC1(c2cccc(Br)c2)CCOCC1)c1ccc(NC(=O)C2CC2)cc1. The molecule has 2 N–H and O–H groups in total. The summed E-state index contributed by atoms with van der Waals surface area (Å²) < 4.78 is 6.61. The lowest BCUT2D eigenvalue weighted by molar-refractivity contribution is -0.117. The second kappa shape index (κ2) is 8.67. The van der Waals surface area contributed by atoms with Crippen LogP contribution in [0.1, 0.15) is 41.6 Å². The summed E-state index contributed by atoms with van der Waals surface area (Å²) in [6, 6.07) is 15.4. The maximum atomic E-state index is 12.7. The second-order valence-corrected chi connectivity index (χ2v) is 8.84. The summed E-state index contributed by atoms with van der Waals surface area (Å²) in [5.41, 5.74) is 2.41. The summed E-state index contributed by atoms with van der Waals surface area (Å²) in [5.74, 6) is 0.121. The molecule has 2 amide bonds. The molecule has 0 radical (unpaired) electrons. The predicted molar refractivity (Wildman–Crippen MR) is 116 cm³/mol. The molecule has 5 nitrogen and oxygen atoms in total. The van der Waals surface area contributed by atoms with E-state index in [1.165, 1.54) is 5.56 Å². The van der Waals surface area contributed by atoms with Crippen molar-refractivity contribution >= 4 is 33.4 Å². The molecule has 2 aromatic carbocycles. The molecule has 0 unspecified atom stereocenters. The highest BCUT2D eigenvalue weighted by Gasteiger charge is 2.35. The molecule has 2 aromatic rings. The van der Waals surface area contributed by atoms with Crippen LogP contribution in [-0.4, -0.2) is 31.6 Å². The van der Waals surface area contributed by atoms with Crippen molar-refractivity contribution in [1.29, 1.82) is 0 Å². The molecular weight excluding hydrogens is 432 g/mol. The normalized spacial score (nSPS) is 18.1. The van der Waals surface area contributed by atoms with Gasteiger partial charge in [-0.2, -0.15) is 0 Å². The van der Waals surface area contributed by atoms with Gasteiger partial charge in [0.1, 0.15) is 0 Å². The van der Waals surface area contributed by atoms with Crippen molar-refractivity contribution in [2.24, 2.45) is 5.92 Å². The van der Waals surface area contributed by atoms with Crippen LogP contribution in [0, 0.1) is 5.92 Å². The maximum absolute atomic E-state index is 12.7. The standard InChI is InChI=1S/C23H25BrN2O3/c24-19-3-1-2-18(14-19)23(10-12-29-13-11-23)15-25-21(27)16-6-8-20(9-7-16)26-22(28)17-4-5-17/h1-3,6-9,14,17H,4-5,10-13,15H2,(H,25,27)(H,26,28). The highest BCUT2D eigenvalue weighted by Crippen LogP contribution is 2.35. The Morgan fingerprint density at radius 2 is 1.79 bits per heavy atom. The third-order valence-corrected chi connectivity index (χ3v) is 6.33. The van der Waals surface area contributed by atoms with E-state index in [0.29, 0.717) is 25.3 Å². The Morgan fingerprint density at radius 1 is 1.07 bits per heavy atom. The Kier molecular flexibility index (Phi) is 6.01. The third-order valence-electron chi connectivity index (χ3n) is 5.84. The van der Waals surface area contributed by atoms with Gasteiger partial charge in [0, 0.05) is 46.8 Å². The van der Waals surface area contributed by atoms with Gasteiger partial charge in [0.2, 0.25) is 5.91 Å². The first-order valence-electron chi connectivity index (χ1n) is 10.1. The molecule has 0 bridgehead atoms. The lowest BCUT2D eigenvalue weighted by atomic mass is 9.74. The molecule has 1 heterocycles. The van der Waals surface area contributed by atoms with Crippen LogP contribution in [0.25, 0.3) is 0 Å². The summed E-state index contributed by atoms with van der Waals surface area (Å²) in [4.78, 5) is 24.6. The Balaban J connectivity index is 1.42. The number of halogens is 1. The summed E-state index contributed by atoms with van der Waals surface area (Å²) in [5, 5.41) is 6.02. The lowest BCUT2D eigenvalue weighted by Crippen LogP contribution is -2.44. The predicted octanol–water partition coefficient (Wildman–Crippen LogP) is 4.28.